The van der Waals surface area contributed by atoms with Crippen LogP contribution in [0.2, 0.25) is 0 Å². The number of rotatable bonds is 5. The molecule has 0 spiro atoms. The van der Waals surface area contributed by atoms with Crippen LogP contribution in [0.3, 0.4) is 0 Å². The molecule has 1 N–H and O–H groups in total. The van der Waals surface area contributed by atoms with Gasteiger partial charge >= 0.3 is 0 Å². The minimum atomic E-state index is -3.77. The Morgan fingerprint density at radius 1 is 1.13 bits per heavy atom. The highest BCUT2D eigenvalue weighted by atomic mass is 32.2. The maximum atomic E-state index is 12.5. The number of nitrogens with one attached hydrogen (secondary N) is 1. The van der Waals surface area contributed by atoms with E-state index in [9.17, 15) is 8.42 Å². The minimum absolute atomic E-state index is 0.0362. The van der Waals surface area contributed by atoms with Crippen LogP contribution >= 0.6 is 0 Å². The smallest absolute Gasteiger partial charge is 0.265 e. The molecular formula is C15H14N4O3S. The molecule has 0 aliphatic carbocycles. The normalized spacial score (nSPS) is 11.2. The number of methoxy groups -OCH3 is 1. The summed E-state index contributed by atoms with van der Waals surface area (Å²) in [7, 11) is -2.30. The number of ether oxygens (including phenoxy) is 1. The van der Waals surface area contributed by atoms with Gasteiger partial charge in [-0.05, 0) is 24.3 Å². The Balaban J connectivity index is 1.90. The van der Waals surface area contributed by atoms with Crippen molar-refractivity contribution in [3.8, 4) is 11.6 Å². The van der Waals surface area contributed by atoms with E-state index < -0.39 is 10.0 Å². The van der Waals surface area contributed by atoms with Gasteiger partial charge in [0.2, 0.25) is 0 Å². The van der Waals surface area contributed by atoms with E-state index in [1.165, 1.54) is 24.2 Å². The number of anilines is 1. The van der Waals surface area contributed by atoms with Crippen molar-refractivity contribution in [3.05, 3.63) is 61.1 Å². The van der Waals surface area contributed by atoms with Gasteiger partial charge in [-0.1, -0.05) is 18.2 Å². The van der Waals surface area contributed by atoms with E-state index in [-0.39, 0.29) is 4.90 Å². The first-order chi connectivity index (χ1) is 11.1. The van der Waals surface area contributed by atoms with Crippen molar-refractivity contribution in [2.45, 2.75) is 4.90 Å². The Bertz CT molecular complexity index is 907. The summed E-state index contributed by atoms with van der Waals surface area (Å²) in [4.78, 5) is 4.16. The van der Waals surface area contributed by atoms with Crippen LogP contribution in [0, 0.1) is 0 Å². The van der Waals surface area contributed by atoms with Crippen LogP contribution in [0.4, 0.5) is 5.69 Å². The van der Waals surface area contributed by atoms with Crippen molar-refractivity contribution in [2.24, 2.45) is 0 Å². The molecule has 8 heteroatoms. The zero-order chi connectivity index (χ0) is 16.3. The van der Waals surface area contributed by atoms with E-state index >= 15 is 0 Å². The first-order valence-electron chi connectivity index (χ1n) is 6.72. The summed E-state index contributed by atoms with van der Waals surface area (Å²) in [6.45, 7) is 0. The predicted octanol–water partition coefficient (Wildman–Crippen LogP) is 2.08. The van der Waals surface area contributed by atoms with E-state index in [1.807, 2.05) is 0 Å². The van der Waals surface area contributed by atoms with E-state index in [0.29, 0.717) is 17.3 Å². The molecule has 3 aromatic rings. The molecule has 118 valence electrons. The number of para-hydroxylation sites is 2. The molecule has 0 amide bonds. The average Bonchev–Trinajstić information content (AvgIpc) is 3.07. The number of sulfonamides is 1. The van der Waals surface area contributed by atoms with Crippen LogP contribution in [0.1, 0.15) is 0 Å². The van der Waals surface area contributed by atoms with Crippen LogP contribution < -0.4 is 9.46 Å². The Morgan fingerprint density at radius 2 is 1.91 bits per heavy atom. The largest absolute Gasteiger partial charge is 0.495 e. The van der Waals surface area contributed by atoms with Gasteiger partial charge in [0.25, 0.3) is 10.0 Å². The summed E-state index contributed by atoms with van der Waals surface area (Å²) in [5, 5.41) is 4.04. The summed E-state index contributed by atoms with van der Waals surface area (Å²) < 4.78 is 34.0. The maximum absolute atomic E-state index is 12.5. The third kappa shape index (κ3) is 3.16. The Labute approximate surface area is 133 Å². The quantitative estimate of drug-likeness (QED) is 0.774. The molecule has 23 heavy (non-hydrogen) atoms. The first kappa shape index (κ1) is 15.0. The Kier molecular flexibility index (Phi) is 3.98. The highest BCUT2D eigenvalue weighted by Gasteiger charge is 2.19. The molecule has 0 radical (unpaired) electrons. The first-order valence-corrected chi connectivity index (χ1v) is 8.20. The molecule has 3 rings (SSSR count). The molecule has 1 aromatic carbocycles. The molecule has 0 bridgehead atoms. The van der Waals surface area contributed by atoms with E-state index in [2.05, 4.69) is 14.8 Å². The van der Waals surface area contributed by atoms with Gasteiger partial charge in [-0.15, -0.1) is 0 Å². The summed E-state index contributed by atoms with van der Waals surface area (Å²) in [5.41, 5.74) is 0.362. The lowest BCUT2D eigenvalue weighted by atomic mass is 10.3. The summed E-state index contributed by atoms with van der Waals surface area (Å²) in [6.07, 6.45) is 4.28. The zero-order valence-electron chi connectivity index (χ0n) is 12.2. The SMILES string of the molecule is COc1ccccc1NS(=O)(=O)c1cnn(-c2ccccn2)c1. The lowest BCUT2D eigenvalue weighted by molar-refractivity contribution is 0.417. The third-order valence-electron chi connectivity index (χ3n) is 3.10. The number of pyridine rings is 1. The second-order valence-corrected chi connectivity index (χ2v) is 6.30. The lowest BCUT2D eigenvalue weighted by Crippen LogP contribution is -2.13. The van der Waals surface area contributed by atoms with Crippen LogP contribution in [0.5, 0.6) is 5.75 Å². The summed E-state index contributed by atoms with van der Waals surface area (Å²) in [6, 6.07) is 12.1. The van der Waals surface area contributed by atoms with E-state index in [1.54, 1.807) is 48.7 Å². The average molecular weight is 330 g/mol. The molecule has 0 saturated heterocycles. The minimum Gasteiger partial charge on any atom is -0.495 e. The summed E-state index contributed by atoms with van der Waals surface area (Å²) >= 11 is 0. The molecule has 0 unspecified atom stereocenters. The third-order valence-corrected chi connectivity index (χ3v) is 4.42. The fourth-order valence-electron chi connectivity index (χ4n) is 1.99. The molecule has 2 heterocycles. The lowest BCUT2D eigenvalue weighted by Gasteiger charge is -2.10. The highest BCUT2D eigenvalue weighted by molar-refractivity contribution is 7.92. The zero-order valence-corrected chi connectivity index (χ0v) is 13.1. The van der Waals surface area contributed by atoms with Crippen LogP contribution in [0.25, 0.3) is 5.82 Å². The standard InChI is InChI=1S/C15H14N4O3S/c1-22-14-7-3-2-6-13(14)18-23(20,21)12-10-17-19(11-12)15-8-4-5-9-16-15/h2-11,18H,1H3. The van der Waals surface area contributed by atoms with E-state index in [0.717, 1.165) is 0 Å². The number of benzene rings is 1. The van der Waals surface area contributed by atoms with Gasteiger partial charge in [-0.3, -0.25) is 4.72 Å². The number of aromatic nitrogens is 3. The predicted molar refractivity (Wildman–Crippen MR) is 85.2 cm³/mol. The molecule has 0 aliphatic heterocycles. The van der Waals surface area contributed by atoms with Gasteiger partial charge in [-0.25, -0.2) is 18.1 Å². The monoisotopic (exact) mass is 330 g/mol. The number of hydrogen-bond acceptors (Lipinski definition) is 5. The van der Waals surface area contributed by atoms with Crippen molar-refractivity contribution >= 4 is 15.7 Å². The van der Waals surface area contributed by atoms with Gasteiger partial charge in [0.1, 0.15) is 10.6 Å². The highest BCUT2D eigenvalue weighted by Crippen LogP contribution is 2.26. The molecule has 0 aliphatic rings. The Morgan fingerprint density at radius 3 is 2.65 bits per heavy atom. The van der Waals surface area contributed by atoms with Crippen molar-refractivity contribution in [3.63, 3.8) is 0 Å². The number of hydrogen-bond donors (Lipinski definition) is 1. The van der Waals surface area contributed by atoms with Crippen LogP contribution in [-0.2, 0) is 10.0 Å². The number of nitrogens with zero attached hydrogens (tertiary/aromatic N) is 3. The summed E-state index contributed by atoms with van der Waals surface area (Å²) in [5.74, 6) is 0.972. The van der Waals surface area contributed by atoms with Crippen molar-refractivity contribution < 1.29 is 13.2 Å². The molecular weight excluding hydrogens is 316 g/mol. The molecule has 2 aromatic heterocycles. The van der Waals surface area contributed by atoms with Gasteiger partial charge in [0.15, 0.2) is 5.82 Å². The maximum Gasteiger partial charge on any atom is 0.265 e. The Hall–Kier alpha value is -2.87. The molecule has 0 atom stereocenters. The second-order valence-electron chi connectivity index (χ2n) is 4.61. The van der Waals surface area contributed by atoms with Gasteiger partial charge < -0.3 is 4.74 Å². The van der Waals surface area contributed by atoms with Gasteiger partial charge in [-0.2, -0.15) is 5.10 Å². The van der Waals surface area contributed by atoms with E-state index in [4.69, 9.17) is 4.74 Å². The van der Waals surface area contributed by atoms with Crippen molar-refractivity contribution in [1.82, 2.24) is 14.8 Å². The topological polar surface area (TPSA) is 86.1 Å². The molecule has 0 fully saturated rings. The van der Waals surface area contributed by atoms with Crippen molar-refractivity contribution in [2.75, 3.05) is 11.8 Å². The van der Waals surface area contributed by atoms with Crippen LogP contribution in [0.15, 0.2) is 66.0 Å². The van der Waals surface area contributed by atoms with Gasteiger partial charge in [0.05, 0.1) is 25.2 Å². The van der Waals surface area contributed by atoms with Crippen LogP contribution in [-0.4, -0.2) is 30.3 Å². The fourth-order valence-corrected chi connectivity index (χ4v) is 2.99. The van der Waals surface area contributed by atoms with Gasteiger partial charge in [0, 0.05) is 6.20 Å². The fraction of sp³-hybridized carbons (Fsp3) is 0.0667. The second kappa shape index (κ2) is 6.09. The molecule has 7 nitrogen and oxygen atoms in total. The molecule has 0 saturated carbocycles. The van der Waals surface area contributed by atoms with Crippen molar-refractivity contribution in [1.29, 1.82) is 0 Å².